The second-order valence-corrected chi connectivity index (χ2v) is 3.06. The zero-order chi connectivity index (χ0) is 9.26. The van der Waals surface area contributed by atoms with Crippen molar-refractivity contribution in [2.45, 2.75) is 6.92 Å². The van der Waals surface area contributed by atoms with Crippen molar-refractivity contribution in [3.05, 3.63) is 36.0 Å². The van der Waals surface area contributed by atoms with Gasteiger partial charge in [0.1, 0.15) is 0 Å². The zero-order valence-electron chi connectivity index (χ0n) is 7.41. The van der Waals surface area contributed by atoms with E-state index in [0.717, 1.165) is 22.2 Å². The van der Waals surface area contributed by atoms with Crippen molar-refractivity contribution in [1.82, 2.24) is 4.98 Å². The van der Waals surface area contributed by atoms with Gasteiger partial charge >= 0.3 is 0 Å². The molecule has 0 aliphatic heterocycles. The maximum atomic E-state index is 5.31. The second kappa shape index (κ2) is 3.03. The van der Waals surface area contributed by atoms with Crippen molar-refractivity contribution in [2.24, 2.45) is 5.84 Å². The summed E-state index contributed by atoms with van der Waals surface area (Å²) < 4.78 is 0. The molecule has 0 radical (unpaired) electrons. The lowest BCUT2D eigenvalue weighted by Crippen LogP contribution is -2.06. The van der Waals surface area contributed by atoms with E-state index < -0.39 is 0 Å². The van der Waals surface area contributed by atoms with Gasteiger partial charge in [0.25, 0.3) is 0 Å². The minimum absolute atomic E-state index is 0.903. The monoisotopic (exact) mass is 173 g/mol. The average Bonchev–Trinajstić information content (AvgIpc) is 2.16. The lowest BCUT2D eigenvalue weighted by molar-refractivity contribution is 1.32. The smallest absolute Gasteiger partial charge is 0.0703 e. The number of pyridine rings is 1. The summed E-state index contributed by atoms with van der Waals surface area (Å²) in [6, 6.07) is 7.92. The molecule has 1 aromatic carbocycles. The fraction of sp³-hybridized carbons (Fsp3) is 0.100. The van der Waals surface area contributed by atoms with Crippen LogP contribution in [0.25, 0.3) is 10.9 Å². The highest BCUT2D eigenvalue weighted by Gasteiger charge is 1.95. The lowest BCUT2D eigenvalue weighted by atomic mass is 10.1. The van der Waals surface area contributed by atoms with Crippen molar-refractivity contribution < 1.29 is 0 Å². The molecule has 0 atom stereocenters. The van der Waals surface area contributed by atoms with Crippen LogP contribution in [-0.4, -0.2) is 4.98 Å². The minimum atomic E-state index is 0.903. The van der Waals surface area contributed by atoms with Crippen molar-refractivity contribution >= 4 is 16.6 Å². The largest absolute Gasteiger partial charge is 0.324 e. The van der Waals surface area contributed by atoms with Gasteiger partial charge in [-0.3, -0.25) is 10.8 Å². The molecule has 2 aromatic rings. The Kier molecular flexibility index (Phi) is 1.87. The van der Waals surface area contributed by atoms with Crippen LogP contribution in [0.3, 0.4) is 0 Å². The van der Waals surface area contributed by atoms with Gasteiger partial charge in [-0.1, -0.05) is 0 Å². The van der Waals surface area contributed by atoms with Gasteiger partial charge in [0.15, 0.2) is 0 Å². The third-order valence-corrected chi connectivity index (χ3v) is 1.98. The Morgan fingerprint density at radius 3 is 2.92 bits per heavy atom. The number of aryl methyl sites for hydroxylation is 1. The van der Waals surface area contributed by atoms with Crippen LogP contribution in [-0.2, 0) is 0 Å². The molecule has 3 nitrogen and oxygen atoms in total. The summed E-state index contributed by atoms with van der Waals surface area (Å²) in [5.41, 5.74) is 5.66. The first-order valence-corrected chi connectivity index (χ1v) is 4.12. The number of fused-ring (bicyclic) bond motifs is 1. The Balaban J connectivity index is 2.68. The van der Waals surface area contributed by atoms with Gasteiger partial charge in [-0.25, -0.2) is 0 Å². The number of nitrogens with zero attached hydrogens (tertiary/aromatic N) is 1. The summed E-state index contributed by atoms with van der Waals surface area (Å²) in [6.45, 7) is 2.02. The molecule has 3 N–H and O–H groups in total. The van der Waals surface area contributed by atoms with E-state index >= 15 is 0 Å². The van der Waals surface area contributed by atoms with Crippen LogP contribution < -0.4 is 11.3 Å². The fourth-order valence-corrected chi connectivity index (χ4v) is 1.33. The molecular formula is C10H11N3. The fourth-order valence-electron chi connectivity index (χ4n) is 1.33. The summed E-state index contributed by atoms with van der Waals surface area (Å²) >= 11 is 0. The van der Waals surface area contributed by atoms with E-state index in [4.69, 9.17) is 5.84 Å². The molecule has 0 aliphatic rings. The van der Waals surface area contributed by atoms with E-state index in [1.165, 1.54) is 0 Å². The number of rotatable bonds is 1. The van der Waals surface area contributed by atoms with Crippen LogP contribution in [0.2, 0.25) is 0 Å². The summed E-state index contributed by atoms with van der Waals surface area (Å²) in [5.74, 6) is 5.31. The molecule has 1 heterocycles. The van der Waals surface area contributed by atoms with Gasteiger partial charge in [-0.15, -0.1) is 0 Å². The minimum Gasteiger partial charge on any atom is -0.324 e. The van der Waals surface area contributed by atoms with Crippen molar-refractivity contribution in [1.29, 1.82) is 0 Å². The third-order valence-electron chi connectivity index (χ3n) is 1.98. The number of nitrogens with two attached hydrogens (primary N) is 1. The van der Waals surface area contributed by atoms with E-state index in [1.807, 2.05) is 31.3 Å². The summed E-state index contributed by atoms with van der Waals surface area (Å²) in [6.07, 6.45) is 1.86. The van der Waals surface area contributed by atoms with Gasteiger partial charge in [0.05, 0.1) is 5.52 Å². The van der Waals surface area contributed by atoms with E-state index in [1.54, 1.807) is 0 Å². The molecule has 3 heteroatoms. The molecule has 0 aliphatic carbocycles. The molecule has 66 valence electrons. The molecule has 0 amide bonds. The highest BCUT2D eigenvalue weighted by atomic mass is 15.2. The summed E-state index contributed by atoms with van der Waals surface area (Å²) in [4.78, 5) is 4.29. The Labute approximate surface area is 76.6 Å². The summed E-state index contributed by atoms with van der Waals surface area (Å²) in [5, 5.41) is 1.11. The molecule has 1 aromatic heterocycles. The molecule has 13 heavy (non-hydrogen) atoms. The number of hydrazine groups is 1. The van der Waals surface area contributed by atoms with E-state index in [0.29, 0.717) is 0 Å². The van der Waals surface area contributed by atoms with Crippen molar-refractivity contribution in [2.75, 3.05) is 5.43 Å². The van der Waals surface area contributed by atoms with Crippen LogP contribution >= 0.6 is 0 Å². The zero-order valence-corrected chi connectivity index (χ0v) is 7.41. The van der Waals surface area contributed by atoms with Gasteiger partial charge < -0.3 is 5.43 Å². The molecule has 0 fully saturated rings. The molecule has 0 saturated heterocycles. The normalized spacial score (nSPS) is 10.3. The van der Waals surface area contributed by atoms with Gasteiger partial charge in [-0.05, 0) is 36.8 Å². The predicted molar refractivity (Wildman–Crippen MR) is 54.3 cm³/mol. The van der Waals surface area contributed by atoms with Crippen LogP contribution in [0, 0.1) is 6.92 Å². The van der Waals surface area contributed by atoms with Crippen molar-refractivity contribution in [3.63, 3.8) is 0 Å². The first kappa shape index (κ1) is 8.01. The molecule has 0 spiro atoms. The standard InChI is InChI=1S/C10H11N3/c1-7-4-8-5-9(13-11)2-3-10(8)12-6-7/h2-6,13H,11H2,1H3. The Morgan fingerprint density at radius 1 is 1.31 bits per heavy atom. The van der Waals surface area contributed by atoms with Gasteiger partial charge in [0, 0.05) is 17.3 Å². The number of nitrogens with one attached hydrogen (secondary N) is 1. The first-order chi connectivity index (χ1) is 6.29. The number of hydrogen-bond donors (Lipinski definition) is 2. The van der Waals surface area contributed by atoms with Crippen LogP contribution in [0.15, 0.2) is 30.5 Å². The second-order valence-electron chi connectivity index (χ2n) is 3.06. The Bertz CT molecular complexity index is 437. The molecule has 0 unspecified atom stereocenters. The topological polar surface area (TPSA) is 50.9 Å². The Hall–Kier alpha value is -1.61. The van der Waals surface area contributed by atoms with Crippen molar-refractivity contribution in [3.8, 4) is 0 Å². The predicted octanol–water partition coefficient (Wildman–Crippen LogP) is 1.83. The molecule has 0 saturated carbocycles. The number of anilines is 1. The van der Waals surface area contributed by atoms with E-state index in [2.05, 4.69) is 16.5 Å². The highest BCUT2D eigenvalue weighted by Crippen LogP contribution is 2.17. The molecule has 2 rings (SSSR count). The van der Waals surface area contributed by atoms with Gasteiger partial charge in [-0.2, -0.15) is 0 Å². The number of aromatic nitrogens is 1. The molecular weight excluding hydrogens is 162 g/mol. The highest BCUT2D eigenvalue weighted by molar-refractivity contribution is 5.82. The molecule has 0 bridgehead atoms. The number of nitrogen functional groups attached to an aromatic ring is 1. The summed E-state index contributed by atoms with van der Waals surface area (Å²) in [7, 11) is 0. The maximum Gasteiger partial charge on any atom is 0.0703 e. The van der Waals surface area contributed by atoms with E-state index in [9.17, 15) is 0 Å². The van der Waals surface area contributed by atoms with E-state index in [-0.39, 0.29) is 0 Å². The first-order valence-electron chi connectivity index (χ1n) is 4.12. The quantitative estimate of drug-likeness (QED) is 0.511. The maximum absolute atomic E-state index is 5.31. The van der Waals surface area contributed by atoms with Gasteiger partial charge in [0.2, 0.25) is 0 Å². The SMILES string of the molecule is Cc1cnc2ccc(NN)cc2c1. The number of hydrogen-bond acceptors (Lipinski definition) is 3. The lowest BCUT2D eigenvalue weighted by Gasteiger charge is -2.02. The average molecular weight is 173 g/mol. The number of benzene rings is 1. The van der Waals surface area contributed by atoms with Crippen LogP contribution in [0.4, 0.5) is 5.69 Å². The van der Waals surface area contributed by atoms with Crippen LogP contribution in [0.1, 0.15) is 5.56 Å². The Morgan fingerprint density at radius 2 is 2.15 bits per heavy atom. The third kappa shape index (κ3) is 1.46. The van der Waals surface area contributed by atoms with Crippen LogP contribution in [0.5, 0.6) is 0 Å².